The number of nitrogens with zero attached hydrogens (tertiary/aromatic N) is 2. The van der Waals surface area contributed by atoms with Gasteiger partial charge < -0.3 is 10.1 Å². The SMILES string of the molecule is CCCCNC(=O)c1cccc(Oc2nc(Cc3ccc(F)cc3)ns2)c1. The van der Waals surface area contributed by atoms with Crippen LogP contribution in [-0.2, 0) is 6.42 Å². The lowest BCUT2D eigenvalue weighted by Crippen LogP contribution is -2.24. The highest BCUT2D eigenvalue weighted by atomic mass is 32.1. The van der Waals surface area contributed by atoms with Gasteiger partial charge in [0.15, 0.2) is 5.82 Å². The Morgan fingerprint density at radius 3 is 2.81 bits per heavy atom. The maximum absolute atomic E-state index is 13.0. The van der Waals surface area contributed by atoms with Gasteiger partial charge in [-0.25, -0.2) is 4.39 Å². The Hall–Kier alpha value is -2.80. The molecule has 1 N–H and O–H groups in total. The van der Waals surface area contributed by atoms with Gasteiger partial charge in [0.25, 0.3) is 11.1 Å². The molecule has 0 saturated carbocycles. The summed E-state index contributed by atoms with van der Waals surface area (Å²) in [6.45, 7) is 2.73. The minimum Gasteiger partial charge on any atom is -0.430 e. The molecule has 0 aliphatic heterocycles. The third-order valence-corrected chi connectivity index (χ3v) is 4.48. The lowest BCUT2D eigenvalue weighted by molar-refractivity contribution is 0.0953. The van der Waals surface area contributed by atoms with E-state index in [1.165, 1.54) is 12.1 Å². The van der Waals surface area contributed by atoms with Gasteiger partial charge >= 0.3 is 0 Å². The molecule has 3 aromatic rings. The number of carbonyl (C=O) groups is 1. The highest BCUT2D eigenvalue weighted by Crippen LogP contribution is 2.24. The molecule has 0 radical (unpaired) electrons. The van der Waals surface area contributed by atoms with Crippen LogP contribution < -0.4 is 10.1 Å². The van der Waals surface area contributed by atoms with Crippen molar-refractivity contribution in [2.24, 2.45) is 0 Å². The van der Waals surface area contributed by atoms with Crippen molar-refractivity contribution in [2.45, 2.75) is 26.2 Å². The Bertz CT molecular complexity index is 896. The van der Waals surface area contributed by atoms with Crippen LogP contribution in [0.5, 0.6) is 10.9 Å². The summed E-state index contributed by atoms with van der Waals surface area (Å²) in [4.78, 5) is 16.5. The van der Waals surface area contributed by atoms with Crippen LogP contribution in [0.25, 0.3) is 0 Å². The smallest absolute Gasteiger partial charge is 0.298 e. The molecule has 0 saturated heterocycles. The first-order valence-electron chi connectivity index (χ1n) is 8.77. The topological polar surface area (TPSA) is 64.1 Å². The van der Waals surface area contributed by atoms with Crippen LogP contribution in [0.2, 0.25) is 0 Å². The van der Waals surface area contributed by atoms with Gasteiger partial charge in [0.2, 0.25) is 0 Å². The fourth-order valence-corrected chi connectivity index (χ4v) is 2.99. The lowest BCUT2D eigenvalue weighted by Gasteiger charge is -2.06. The Kier molecular flexibility index (Phi) is 6.49. The highest BCUT2D eigenvalue weighted by molar-refractivity contribution is 7.07. The second-order valence-corrected chi connectivity index (χ2v) is 6.73. The molecular formula is C20H20FN3O2S. The quantitative estimate of drug-likeness (QED) is 0.576. The summed E-state index contributed by atoms with van der Waals surface area (Å²) in [6.07, 6.45) is 2.48. The Labute approximate surface area is 161 Å². The standard InChI is InChI=1S/C20H20FN3O2S/c1-2-3-11-22-19(25)15-5-4-6-17(13-15)26-20-23-18(24-27-20)12-14-7-9-16(21)10-8-14/h4-10,13H,2-3,11-12H2,1H3,(H,22,25). The molecule has 0 fully saturated rings. The summed E-state index contributed by atoms with van der Waals surface area (Å²) in [6, 6.07) is 13.2. The number of ether oxygens (including phenoxy) is 1. The first-order chi connectivity index (χ1) is 13.1. The van der Waals surface area contributed by atoms with Gasteiger partial charge in [0.1, 0.15) is 11.6 Å². The van der Waals surface area contributed by atoms with Crippen LogP contribution in [0.1, 0.15) is 41.5 Å². The summed E-state index contributed by atoms with van der Waals surface area (Å²) in [7, 11) is 0. The normalized spacial score (nSPS) is 10.6. The predicted octanol–water partition coefficient (Wildman–Crippen LogP) is 4.59. The number of rotatable bonds is 8. The Morgan fingerprint density at radius 2 is 2.04 bits per heavy atom. The van der Waals surface area contributed by atoms with Crippen molar-refractivity contribution in [3.05, 3.63) is 71.3 Å². The number of carbonyl (C=O) groups excluding carboxylic acids is 1. The number of halogens is 1. The molecule has 7 heteroatoms. The van der Waals surface area contributed by atoms with Crippen LogP contribution >= 0.6 is 11.5 Å². The van der Waals surface area contributed by atoms with E-state index in [0.717, 1.165) is 29.9 Å². The minimum absolute atomic E-state index is 0.122. The minimum atomic E-state index is -0.271. The molecule has 1 heterocycles. The van der Waals surface area contributed by atoms with Gasteiger partial charge in [-0.05, 0) is 42.3 Å². The number of aromatic nitrogens is 2. The van der Waals surface area contributed by atoms with Crippen molar-refractivity contribution in [3.63, 3.8) is 0 Å². The Balaban J connectivity index is 1.62. The zero-order chi connectivity index (χ0) is 19.1. The maximum atomic E-state index is 13.0. The van der Waals surface area contributed by atoms with Crippen LogP contribution in [0, 0.1) is 5.82 Å². The van der Waals surface area contributed by atoms with E-state index in [0.29, 0.717) is 35.3 Å². The van der Waals surface area contributed by atoms with Crippen molar-refractivity contribution in [1.82, 2.24) is 14.7 Å². The van der Waals surface area contributed by atoms with Crippen LogP contribution in [0.4, 0.5) is 4.39 Å². The largest absolute Gasteiger partial charge is 0.430 e. The van der Waals surface area contributed by atoms with Gasteiger partial charge in [0.05, 0.1) is 0 Å². The van der Waals surface area contributed by atoms with Crippen molar-refractivity contribution >= 4 is 17.4 Å². The number of hydrogen-bond acceptors (Lipinski definition) is 5. The third kappa shape index (κ3) is 5.59. The van der Waals surface area contributed by atoms with Crippen molar-refractivity contribution in [2.75, 3.05) is 6.54 Å². The number of nitrogens with one attached hydrogen (secondary N) is 1. The lowest BCUT2D eigenvalue weighted by atomic mass is 10.1. The van der Waals surface area contributed by atoms with Crippen molar-refractivity contribution in [3.8, 4) is 10.9 Å². The van der Waals surface area contributed by atoms with E-state index in [1.54, 1.807) is 36.4 Å². The van der Waals surface area contributed by atoms with Crippen LogP contribution in [0.3, 0.4) is 0 Å². The second-order valence-electron chi connectivity index (χ2n) is 6.02. The van der Waals surface area contributed by atoms with E-state index in [1.807, 2.05) is 0 Å². The monoisotopic (exact) mass is 385 g/mol. The van der Waals surface area contributed by atoms with Crippen LogP contribution in [-0.4, -0.2) is 21.8 Å². The number of hydrogen-bond donors (Lipinski definition) is 1. The van der Waals surface area contributed by atoms with E-state index in [-0.39, 0.29) is 11.7 Å². The van der Waals surface area contributed by atoms with E-state index >= 15 is 0 Å². The maximum Gasteiger partial charge on any atom is 0.298 e. The van der Waals surface area contributed by atoms with Crippen LogP contribution in [0.15, 0.2) is 48.5 Å². The number of unbranched alkanes of at least 4 members (excludes halogenated alkanes) is 1. The second kappa shape index (κ2) is 9.23. The molecule has 0 bridgehead atoms. The molecule has 0 aliphatic carbocycles. The molecule has 27 heavy (non-hydrogen) atoms. The molecule has 0 atom stereocenters. The Morgan fingerprint density at radius 1 is 1.22 bits per heavy atom. The van der Waals surface area contributed by atoms with E-state index < -0.39 is 0 Å². The van der Waals surface area contributed by atoms with Gasteiger partial charge in [-0.2, -0.15) is 9.36 Å². The fraction of sp³-hybridized carbons (Fsp3) is 0.250. The molecule has 5 nitrogen and oxygen atoms in total. The summed E-state index contributed by atoms with van der Waals surface area (Å²) < 4.78 is 23.0. The predicted molar refractivity (Wildman–Crippen MR) is 103 cm³/mol. The van der Waals surface area contributed by atoms with Crippen molar-refractivity contribution in [1.29, 1.82) is 0 Å². The molecule has 2 aromatic carbocycles. The van der Waals surface area contributed by atoms with Gasteiger partial charge in [-0.3, -0.25) is 4.79 Å². The zero-order valence-corrected chi connectivity index (χ0v) is 15.8. The van der Waals surface area contributed by atoms with Gasteiger partial charge in [-0.1, -0.05) is 31.5 Å². The molecule has 0 spiro atoms. The molecular weight excluding hydrogens is 365 g/mol. The molecule has 1 aromatic heterocycles. The number of benzene rings is 2. The van der Waals surface area contributed by atoms with Gasteiger partial charge in [0, 0.05) is 30.1 Å². The molecule has 140 valence electrons. The number of amides is 1. The average molecular weight is 385 g/mol. The summed E-state index contributed by atoms with van der Waals surface area (Å²) in [5, 5.41) is 3.28. The summed E-state index contributed by atoms with van der Waals surface area (Å²) in [5.41, 5.74) is 1.46. The third-order valence-electron chi connectivity index (χ3n) is 3.84. The molecule has 3 rings (SSSR count). The molecule has 0 aliphatic rings. The summed E-state index contributed by atoms with van der Waals surface area (Å²) >= 11 is 1.14. The molecule has 0 unspecified atom stereocenters. The van der Waals surface area contributed by atoms with E-state index in [4.69, 9.17) is 4.74 Å². The van der Waals surface area contributed by atoms with Crippen molar-refractivity contribution < 1.29 is 13.9 Å². The van der Waals surface area contributed by atoms with E-state index in [9.17, 15) is 9.18 Å². The van der Waals surface area contributed by atoms with E-state index in [2.05, 4.69) is 21.6 Å². The highest BCUT2D eigenvalue weighted by Gasteiger charge is 2.10. The molecule has 1 amide bonds. The fourth-order valence-electron chi connectivity index (χ4n) is 2.42. The zero-order valence-electron chi connectivity index (χ0n) is 14.9. The first kappa shape index (κ1) is 19.0. The summed E-state index contributed by atoms with van der Waals surface area (Å²) in [5.74, 6) is 0.744. The average Bonchev–Trinajstić information content (AvgIpc) is 3.11. The van der Waals surface area contributed by atoms with Gasteiger partial charge in [-0.15, -0.1) is 0 Å². The first-order valence-corrected chi connectivity index (χ1v) is 9.54.